The average Bonchev–Trinajstić information content (AvgIpc) is 2.93. The average molecular weight is 320 g/mol. The van der Waals surface area contributed by atoms with Crippen molar-refractivity contribution in [1.82, 2.24) is 10.3 Å². The molecular weight excluding hydrogens is 303 g/mol. The predicted octanol–water partition coefficient (Wildman–Crippen LogP) is 2.15. The van der Waals surface area contributed by atoms with Crippen molar-refractivity contribution in [1.29, 1.82) is 0 Å². The summed E-state index contributed by atoms with van der Waals surface area (Å²) in [5, 5.41) is 3.74. The SMILES string of the molecule is Nc1ncc(CNC2CCCN(c3ccccc3F)C2=O)s1. The highest BCUT2D eigenvalue weighted by molar-refractivity contribution is 7.15. The van der Waals surface area contributed by atoms with E-state index < -0.39 is 0 Å². The number of para-hydroxylation sites is 1. The molecule has 1 aromatic carbocycles. The number of carbonyl (C=O) groups excluding carboxylic acids is 1. The second kappa shape index (κ2) is 6.41. The van der Waals surface area contributed by atoms with Crippen LogP contribution >= 0.6 is 11.3 Å². The largest absolute Gasteiger partial charge is 0.375 e. The minimum absolute atomic E-state index is 0.0890. The summed E-state index contributed by atoms with van der Waals surface area (Å²) >= 11 is 1.40. The second-order valence-corrected chi connectivity index (χ2v) is 6.33. The van der Waals surface area contributed by atoms with Crippen molar-refractivity contribution in [2.45, 2.75) is 25.4 Å². The fourth-order valence-electron chi connectivity index (χ4n) is 2.60. The van der Waals surface area contributed by atoms with Crippen molar-refractivity contribution in [3.8, 4) is 0 Å². The zero-order valence-corrected chi connectivity index (χ0v) is 12.8. The lowest BCUT2D eigenvalue weighted by Gasteiger charge is -2.32. The molecule has 1 amide bonds. The molecule has 5 nitrogen and oxygen atoms in total. The molecule has 0 aliphatic carbocycles. The Bertz CT molecular complexity index is 675. The minimum atomic E-state index is -0.369. The Balaban J connectivity index is 1.69. The molecule has 1 atom stereocenters. The summed E-state index contributed by atoms with van der Waals surface area (Å²) in [4.78, 5) is 19.1. The van der Waals surface area contributed by atoms with Crippen LogP contribution in [0.3, 0.4) is 0 Å². The van der Waals surface area contributed by atoms with E-state index in [1.54, 1.807) is 24.4 Å². The van der Waals surface area contributed by atoms with Crippen LogP contribution in [0.1, 0.15) is 17.7 Å². The van der Waals surface area contributed by atoms with Gasteiger partial charge in [-0.2, -0.15) is 0 Å². The Labute approximate surface area is 132 Å². The topological polar surface area (TPSA) is 71.2 Å². The maximum absolute atomic E-state index is 13.9. The number of anilines is 2. The first-order chi connectivity index (χ1) is 10.6. The van der Waals surface area contributed by atoms with Crippen LogP contribution in [0, 0.1) is 5.82 Å². The zero-order chi connectivity index (χ0) is 15.5. The second-order valence-electron chi connectivity index (χ2n) is 5.18. The molecule has 0 spiro atoms. The molecule has 7 heteroatoms. The van der Waals surface area contributed by atoms with E-state index in [1.807, 2.05) is 0 Å². The number of amides is 1. The number of carbonyl (C=O) groups is 1. The summed E-state index contributed by atoms with van der Waals surface area (Å²) in [7, 11) is 0. The lowest BCUT2D eigenvalue weighted by atomic mass is 10.0. The quantitative estimate of drug-likeness (QED) is 0.905. The van der Waals surface area contributed by atoms with Gasteiger partial charge >= 0.3 is 0 Å². The first kappa shape index (κ1) is 14.9. The highest BCUT2D eigenvalue weighted by Crippen LogP contribution is 2.24. The van der Waals surface area contributed by atoms with Gasteiger partial charge in [-0.3, -0.25) is 4.79 Å². The van der Waals surface area contributed by atoms with Crippen LogP contribution in [0.5, 0.6) is 0 Å². The van der Waals surface area contributed by atoms with Crippen LogP contribution in [0.15, 0.2) is 30.5 Å². The monoisotopic (exact) mass is 320 g/mol. The number of benzene rings is 1. The molecule has 2 aromatic rings. The summed E-state index contributed by atoms with van der Waals surface area (Å²) in [6, 6.07) is 6.07. The molecule has 22 heavy (non-hydrogen) atoms. The van der Waals surface area contributed by atoms with Crippen molar-refractivity contribution in [3.63, 3.8) is 0 Å². The number of nitrogens with one attached hydrogen (secondary N) is 1. The van der Waals surface area contributed by atoms with E-state index >= 15 is 0 Å². The fraction of sp³-hybridized carbons (Fsp3) is 0.333. The highest BCUT2D eigenvalue weighted by Gasteiger charge is 2.30. The number of piperidine rings is 1. The number of nitrogens with two attached hydrogens (primary N) is 1. The fourth-order valence-corrected chi connectivity index (χ4v) is 3.24. The van der Waals surface area contributed by atoms with Crippen molar-refractivity contribution < 1.29 is 9.18 Å². The van der Waals surface area contributed by atoms with Gasteiger partial charge in [0.1, 0.15) is 5.82 Å². The van der Waals surface area contributed by atoms with Crippen molar-refractivity contribution >= 4 is 28.1 Å². The van der Waals surface area contributed by atoms with Crippen LogP contribution in [-0.4, -0.2) is 23.5 Å². The van der Waals surface area contributed by atoms with Gasteiger partial charge in [-0.25, -0.2) is 9.37 Å². The Hall–Kier alpha value is -1.99. The van der Waals surface area contributed by atoms with Gasteiger partial charge in [0.2, 0.25) is 5.91 Å². The molecule has 0 bridgehead atoms. The van der Waals surface area contributed by atoms with Gasteiger partial charge in [0.25, 0.3) is 0 Å². The molecule has 1 fully saturated rings. The third kappa shape index (κ3) is 3.10. The summed E-state index contributed by atoms with van der Waals surface area (Å²) in [5.74, 6) is -0.458. The maximum atomic E-state index is 13.9. The Morgan fingerprint density at radius 2 is 2.27 bits per heavy atom. The number of nitrogen functional groups attached to an aromatic ring is 1. The summed E-state index contributed by atoms with van der Waals surface area (Å²) in [5.41, 5.74) is 5.94. The maximum Gasteiger partial charge on any atom is 0.244 e. The van der Waals surface area contributed by atoms with Gasteiger partial charge in [-0.15, -0.1) is 11.3 Å². The number of hydrogen-bond donors (Lipinski definition) is 2. The lowest BCUT2D eigenvalue weighted by molar-refractivity contribution is -0.121. The summed E-state index contributed by atoms with van der Waals surface area (Å²) in [6.45, 7) is 1.09. The number of nitrogens with zero attached hydrogens (tertiary/aromatic N) is 2. The van der Waals surface area contributed by atoms with Gasteiger partial charge in [-0.05, 0) is 25.0 Å². The third-order valence-corrected chi connectivity index (χ3v) is 4.50. The minimum Gasteiger partial charge on any atom is -0.375 e. The standard InChI is InChI=1S/C15H17FN4OS/c16-11-4-1-2-6-13(11)20-7-3-5-12(14(20)21)18-8-10-9-19-15(17)22-10/h1-2,4,6,9,12,18H,3,5,7-8H2,(H2,17,19). The Morgan fingerprint density at radius 1 is 1.45 bits per heavy atom. The molecule has 1 aliphatic heterocycles. The van der Waals surface area contributed by atoms with Crippen LogP contribution in [-0.2, 0) is 11.3 Å². The number of halogens is 1. The van der Waals surface area contributed by atoms with E-state index in [-0.39, 0.29) is 17.8 Å². The Morgan fingerprint density at radius 3 is 3.00 bits per heavy atom. The van der Waals surface area contributed by atoms with Crippen molar-refractivity contribution in [3.05, 3.63) is 41.2 Å². The van der Waals surface area contributed by atoms with Crippen molar-refractivity contribution in [2.24, 2.45) is 0 Å². The van der Waals surface area contributed by atoms with Crippen LogP contribution in [0.25, 0.3) is 0 Å². The molecule has 1 saturated heterocycles. The molecule has 1 unspecified atom stereocenters. The van der Waals surface area contributed by atoms with Gasteiger partial charge in [0.15, 0.2) is 5.13 Å². The smallest absolute Gasteiger partial charge is 0.244 e. The van der Waals surface area contributed by atoms with E-state index in [0.717, 1.165) is 17.7 Å². The molecule has 1 aromatic heterocycles. The van der Waals surface area contributed by atoms with Gasteiger partial charge in [0.05, 0.1) is 11.7 Å². The number of aromatic nitrogens is 1. The molecule has 1 aliphatic rings. The van der Waals surface area contributed by atoms with Crippen molar-refractivity contribution in [2.75, 3.05) is 17.2 Å². The van der Waals surface area contributed by atoms with E-state index in [4.69, 9.17) is 5.73 Å². The molecule has 2 heterocycles. The van der Waals surface area contributed by atoms with E-state index in [2.05, 4.69) is 10.3 Å². The van der Waals surface area contributed by atoms with E-state index in [9.17, 15) is 9.18 Å². The molecular formula is C15H17FN4OS. The number of thiazole rings is 1. The molecule has 0 saturated carbocycles. The normalized spacial score (nSPS) is 18.7. The van der Waals surface area contributed by atoms with Gasteiger partial charge in [0, 0.05) is 24.2 Å². The first-order valence-electron chi connectivity index (χ1n) is 7.14. The highest BCUT2D eigenvalue weighted by atomic mass is 32.1. The molecule has 3 rings (SSSR count). The lowest BCUT2D eigenvalue weighted by Crippen LogP contribution is -2.50. The summed E-state index contributed by atoms with van der Waals surface area (Å²) in [6.07, 6.45) is 3.29. The van der Waals surface area contributed by atoms with E-state index in [1.165, 1.54) is 22.3 Å². The molecule has 0 radical (unpaired) electrons. The van der Waals surface area contributed by atoms with E-state index in [0.29, 0.717) is 23.9 Å². The number of hydrogen-bond acceptors (Lipinski definition) is 5. The molecule has 116 valence electrons. The molecule has 3 N–H and O–H groups in total. The van der Waals surface area contributed by atoms with Crippen LogP contribution in [0.4, 0.5) is 15.2 Å². The zero-order valence-electron chi connectivity index (χ0n) is 12.0. The van der Waals surface area contributed by atoms with Gasteiger partial charge < -0.3 is 16.0 Å². The van der Waals surface area contributed by atoms with Gasteiger partial charge in [-0.1, -0.05) is 12.1 Å². The van der Waals surface area contributed by atoms with Crippen LogP contribution in [0.2, 0.25) is 0 Å². The Kier molecular flexibility index (Phi) is 4.35. The van der Waals surface area contributed by atoms with Crippen LogP contribution < -0.4 is 16.0 Å². The summed E-state index contributed by atoms with van der Waals surface area (Å²) < 4.78 is 13.9. The number of rotatable bonds is 4. The first-order valence-corrected chi connectivity index (χ1v) is 7.96. The third-order valence-electron chi connectivity index (χ3n) is 3.68. The predicted molar refractivity (Wildman–Crippen MR) is 85.1 cm³/mol.